The highest BCUT2D eigenvalue weighted by Crippen LogP contribution is 2.24. The lowest BCUT2D eigenvalue weighted by Gasteiger charge is -2.17. The van der Waals surface area contributed by atoms with Crippen molar-refractivity contribution >= 4 is 17.6 Å². The number of methoxy groups -OCH3 is 1. The third kappa shape index (κ3) is 3.68. The number of benzene rings is 1. The van der Waals surface area contributed by atoms with Crippen molar-refractivity contribution in [2.75, 3.05) is 18.6 Å². The third-order valence-electron chi connectivity index (χ3n) is 3.85. The van der Waals surface area contributed by atoms with Gasteiger partial charge in [0.05, 0.1) is 26.0 Å². The Labute approximate surface area is 139 Å². The maximum absolute atomic E-state index is 12.2. The Kier molecular flexibility index (Phi) is 4.69. The van der Waals surface area contributed by atoms with Gasteiger partial charge in [0.15, 0.2) is 0 Å². The van der Waals surface area contributed by atoms with E-state index in [4.69, 9.17) is 9.15 Å². The first-order chi connectivity index (χ1) is 11.7. The first-order valence-corrected chi connectivity index (χ1v) is 7.67. The molecule has 0 spiro atoms. The van der Waals surface area contributed by atoms with Crippen LogP contribution in [0.2, 0.25) is 0 Å². The summed E-state index contributed by atoms with van der Waals surface area (Å²) in [7, 11) is 1.59. The predicted molar refractivity (Wildman–Crippen MR) is 87.8 cm³/mol. The molecule has 0 bridgehead atoms. The quantitative estimate of drug-likeness (QED) is 0.877. The summed E-state index contributed by atoms with van der Waals surface area (Å²) in [5, 5.41) is 5.52. The molecule has 0 unspecified atom stereocenters. The van der Waals surface area contributed by atoms with Crippen LogP contribution in [-0.2, 0) is 11.3 Å². The molecule has 1 fully saturated rings. The van der Waals surface area contributed by atoms with Gasteiger partial charge in [-0.3, -0.25) is 4.79 Å². The Morgan fingerprint density at radius 2 is 2.12 bits per heavy atom. The van der Waals surface area contributed by atoms with Gasteiger partial charge >= 0.3 is 6.03 Å². The lowest BCUT2D eigenvalue weighted by atomic mass is 10.2. The average molecular weight is 329 g/mol. The van der Waals surface area contributed by atoms with Crippen molar-refractivity contribution in [3.63, 3.8) is 0 Å². The molecule has 2 aromatic rings. The number of urea groups is 1. The number of nitrogens with zero attached hydrogens (tertiary/aromatic N) is 1. The van der Waals surface area contributed by atoms with Gasteiger partial charge < -0.3 is 24.7 Å². The molecule has 2 N–H and O–H groups in total. The summed E-state index contributed by atoms with van der Waals surface area (Å²) < 4.78 is 10.3. The van der Waals surface area contributed by atoms with Gasteiger partial charge in [-0.1, -0.05) is 0 Å². The molecule has 3 amide bonds. The molecule has 1 aromatic heterocycles. The van der Waals surface area contributed by atoms with Crippen LogP contribution in [0.4, 0.5) is 10.5 Å². The monoisotopic (exact) mass is 329 g/mol. The third-order valence-corrected chi connectivity index (χ3v) is 3.85. The zero-order chi connectivity index (χ0) is 16.9. The summed E-state index contributed by atoms with van der Waals surface area (Å²) in [5.41, 5.74) is 0.793. The van der Waals surface area contributed by atoms with Crippen LogP contribution in [0.3, 0.4) is 0 Å². The van der Waals surface area contributed by atoms with Gasteiger partial charge in [-0.25, -0.2) is 4.79 Å². The number of furan rings is 1. The highest BCUT2D eigenvalue weighted by molar-refractivity contribution is 5.96. The van der Waals surface area contributed by atoms with Gasteiger partial charge in [-0.05, 0) is 36.4 Å². The Balaban J connectivity index is 1.53. The second-order valence-corrected chi connectivity index (χ2v) is 5.51. The molecule has 7 heteroatoms. The van der Waals surface area contributed by atoms with E-state index in [0.717, 1.165) is 11.4 Å². The molecule has 7 nitrogen and oxygen atoms in total. The fourth-order valence-corrected chi connectivity index (χ4v) is 2.63. The van der Waals surface area contributed by atoms with E-state index in [2.05, 4.69) is 10.6 Å². The van der Waals surface area contributed by atoms with Crippen LogP contribution in [0.5, 0.6) is 5.75 Å². The van der Waals surface area contributed by atoms with Gasteiger partial charge in [-0.15, -0.1) is 0 Å². The second kappa shape index (κ2) is 7.08. The van der Waals surface area contributed by atoms with Crippen molar-refractivity contribution in [2.45, 2.75) is 19.0 Å². The fraction of sp³-hybridized carbons (Fsp3) is 0.294. The van der Waals surface area contributed by atoms with Crippen molar-refractivity contribution in [1.29, 1.82) is 0 Å². The number of carbonyl (C=O) groups excluding carboxylic acids is 2. The normalized spacial score (nSPS) is 17.0. The van der Waals surface area contributed by atoms with E-state index in [9.17, 15) is 9.59 Å². The molecule has 1 aliphatic heterocycles. The number of anilines is 1. The fourth-order valence-electron chi connectivity index (χ4n) is 2.63. The highest BCUT2D eigenvalue weighted by Gasteiger charge is 2.31. The van der Waals surface area contributed by atoms with Crippen LogP contribution in [0.15, 0.2) is 47.1 Å². The van der Waals surface area contributed by atoms with Crippen molar-refractivity contribution in [3.05, 3.63) is 48.4 Å². The zero-order valence-electron chi connectivity index (χ0n) is 13.3. The average Bonchev–Trinajstić information content (AvgIpc) is 3.23. The second-order valence-electron chi connectivity index (χ2n) is 5.51. The van der Waals surface area contributed by atoms with Crippen molar-refractivity contribution in [2.24, 2.45) is 0 Å². The lowest BCUT2D eigenvalue weighted by Crippen LogP contribution is -2.43. The summed E-state index contributed by atoms with van der Waals surface area (Å²) in [5.74, 6) is 1.39. The number of nitrogens with one attached hydrogen (secondary N) is 2. The molecule has 1 aromatic carbocycles. The van der Waals surface area contributed by atoms with E-state index in [1.807, 2.05) is 12.1 Å². The molecule has 1 aliphatic rings. The van der Waals surface area contributed by atoms with Crippen molar-refractivity contribution in [1.82, 2.24) is 10.6 Å². The van der Waals surface area contributed by atoms with Crippen LogP contribution in [-0.4, -0.2) is 31.6 Å². The van der Waals surface area contributed by atoms with E-state index in [-0.39, 0.29) is 24.4 Å². The molecule has 0 saturated carbocycles. The summed E-state index contributed by atoms with van der Waals surface area (Å²) in [6, 6.07) is 10.3. The number of hydrogen-bond acceptors (Lipinski definition) is 4. The molecule has 3 rings (SSSR count). The van der Waals surface area contributed by atoms with Gasteiger partial charge in [0.2, 0.25) is 5.91 Å². The van der Waals surface area contributed by atoms with E-state index in [1.54, 1.807) is 42.5 Å². The standard InChI is InChI=1S/C17H19N3O4/c1-23-14-6-4-13(5-7-14)20-11-12(9-16(20)21)19-17(22)18-10-15-3-2-8-24-15/h2-8,12H,9-11H2,1H3,(H2,18,19,22)/t12-/m0/s1. The molecular formula is C17H19N3O4. The molecule has 0 aliphatic carbocycles. The van der Waals surface area contributed by atoms with Gasteiger partial charge in [-0.2, -0.15) is 0 Å². The number of carbonyl (C=O) groups is 2. The van der Waals surface area contributed by atoms with Crippen molar-refractivity contribution in [3.8, 4) is 5.75 Å². The molecule has 126 valence electrons. The number of hydrogen-bond donors (Lipinski definition) is 2. The zero-order valence-corrected chi connectivity index (χ0v) is 13.3. The van der Waals surface area contributed by atoms with Crippen LogP contribution in [0.25, 0.3) is 0 Å². The molecule has 2 heterocycles. The minimum absolute atomic E-state index is 0.0171. The predicted octanol–water partition coefficient (Wildman–Crippen LogP) is 1.89. The first kappa shape index (κ1) is 15.9. The van der Waals surface area contributed by atoms with Crippen LogP contribution >= 0.6 is 0 Å². The molecule has 1 saturated heterocycles. The topological polar surface area (TPSA) is 83.8 Å². The SMILES string of the molecule is COc1ccc(N2C[C@@H](NC(=O)NCc3ccco3)CC2=O)cc1. The minimum atomic E-state index is -0.319. The number of ether oxygens (including phenoxy) is 1. The van der Waals surface area contributed by atoms with E-state index in [1.165, 1.54) is 0 Å². The Morgan fingerprint density at radius 3 is 2.79 bits per heavy atom. The maximum atomic E-state index is 12.2. The Bertz CT molecular complexity index is 697. The molecule has 0 radical (unpaired) electrons. The Morgan fingerprint density at radius 1 is 1.33 bits per heavy atom. The van der Waals surface area contributed by atoms with E-state index >= 15 is 0 Å². The molecule has 24 heavy (non-hydrogen) atoms. The number of amides is 3. The highest BCUT2D eigenvalue weighted by atomic mass is 16.5. The number of rotatable bonds is 5. The Hall–Kier alpha value is -2.96. The maximum Gasteiger partial charge on any atom is 0.315 e. The van der Waals surface area contributed by atoms with Crippen molar-refractivity contribution < 1.29 is 18.7 Å². The summed E-state index contributed by atoms with van der Waals surface area (Å²) in [4.78, 5) is 25.8. The summed E-state index contributed by atoms with van der Waals surface area (Å²) >= 11 is 0. The largest absolute Gasteiger partial charge is 0.497 e. The van der Waals surface area contributed by atoms with E-state index < -0.39 is 0 Å². The van der Waals surface area contributed by atoms with Gasteiger partial charge in [0.25, 0.3) is 0 Å². The van der Waals surface area contributed by atoms with Crippen LogP contribution in [0.1, 0.15) is 12.2 Å². The van der Waals surface area contributed by atoms with Crippen LogP contribution in [0, 0.1) is 0 Å². The van der Waals surface area contributed by atoms with Gasteiger partial charge in [0.1, 0.15) is 11.5 Å². The molecule has 1 atom stereocenters. The minimum Gasteiger partial charge on any atom is -0.497 e. The van der Waals surface area contributed by atoms with E-state index in [0.29, 0.717) is 18.8 Å². The summed E-state index contributed by atoms with van der Waals surface area (Å²) in [6.45, 7) is 0.751. The van der Waals surface area contributed by atoms with Crippen LogP contribution < -0.4 is 20.3 Å². The summed E-state index contributed by atoms with van der Waals surface area (Å²) in [6.07, 6.45) is 1.83. The smallest absolute Gasteiger partial charge is 0.315 e. The first-order valence-electron chi connectivity index (χ1n) is 7.67. The molecular weight excluding hydrogens is 310 g/mol. The van der Waals surface area contributed by atoms with Gasteiger partial charge in [0, 0.05) is 18.7 Å². The lowest BCUT2D eigenvalue weighted by molar-refractivity contribution is -0.117.